The number of nitrogens with zero attached hydrogens (tertiary/aromatic N) is 1. The van der Waals surface area contributed by atoms with E-state index in [-0.39, 0.29) is 6.09 Å². The molecule has 0 aromatic heterocycles. The van der Waals surface area contributed by atoms with Crippen LogP contribution >= 0.6 is 15.9 Å². The predicted octanol–water partition coefficient (Wildman–Crippen LogP) is 4.15. The summed E-state index contributed by atoms with van der Waals surface area (Å²) in [5.41, 5.74) is 3.32. The lowest BCUT2D eigenvalue weighted by atomic mass is 10.00. The Bertz CT molecular complexity index is 703. The number of hydrogen-bond acceptors (Lipinski definition) is 3. The van der Waals surface area contributed by atoms with Gasteiger partial charge in [-0.3, -0.25) is 0 Å². The molecule has 23 heavy (non-hydrogen) atoms. The molecule has 1 amide bonds. The minimum absolute atomic E-state index is 0.279. The molecule has 0 N–H and O–H groups in total. The van der Waals surface area contributed by atoms with E-state index in [0.29, 0.717) is 19.7 Å². The summed E-state index contributed by atoms with van der Waals surface area (Å²) in [6.07, 6.45) is 0.527. The van der Waals surface area contributed by atoms with E-state index < -0.39 is 0 Å². The van der Waals surface area contributed by atoms with Gasteiger partial charge in [-0.1, -0.05) is 46.3 Å². The third-order valence-corrected chi connectivity index (χ3v) is 4.66. The fraction of sp³-hybridized carbons (Fsp3) is 0.278. The van der Waals surface area contributed by atoms with E-state index >= 15 is 0 Å². The quantitative estimate of drug-likeness (QED) is 0.808. The third-order valence-electron chi connectivity index (χ3n) is 3.95. The van der Waals surface area contributed by atoms with Crippen LogP contribution in [-0.2, 0) is 24.3 Å². The van der Waals surface area contributed by atoms with E-state index in [9.17, 15) is 4.79 Å². The van der Waals surface area contributed by atoms with Gasteiger partial charge in [-0.25, -0.2) is 4.79 Å². The summed E-state index contributed by atoms with van der Waals surface area (Å²) in [7, 11) is 1.64. The molecule has 0 bridgehead atoms. The minimum Gasteiger partial charge on any atom is -0.497 e. The van der Waals surface area contributed by atoms with Crippen LogP contribution in [0.4, 0.5) is 4.79 Å². The van der Waals surface area contributed by atoms with Crippen molar-refractivity contribution in [2.24, 2.45) is 0 Å². The van der Waals surface area contributed by atoms with Crippen molar-refractivity contribution in [3.63, 3.8) is 0 Å². The van der Waals surface area contributed by atoms with Gasteiger partial charge in [0.25, 0.3) is 0 Å². The molecular weight excluding hydrogens is 358 g/mol. The first kappa shape index (κ1) is 15.9. The number of ether oxygens (including phenoxy) is 2. The molecule has 2 aromatic rings. The molecule has 0 spiro atoms. The lowest BCUT2D eigenvalue weighted by molar-refractivity contribution is 0.0918. The fourth-order valence-corrected chi connectivity index (χ4v) is 3.38. The second kappa shape index (κ2) is 7.04. The first-order valence-corrected chi connectivity index (χ1v) is 8.27. The Kier molecular flexibility index (Phi) is 4.86. The second-order valence-corrected chi connectivity index (χ2v) is 6.31. The molecule has 1 aliphatic heterocycles. The number of methoxy groups -OCH3 is 1. The van der Waals surface area contributed by atoms with Crippen LogP contribution in [0.25, 0.3) is 0 Å². The Morgan fingerprint density at radius 3 is 2.78 bits per heavy atom. The Morgan fingerprint density at radius 1 is 1.26 bits per heavy atom. The van der Waals surface area contributed by atoms with Crippen molar-refractivity contribution in [3.8, 4) is 5.75 Å². The topological polar surface area (TPSA) is 38.8 Å². The fourth-order valence-electron chi connectivity index (χ4n) is 2.70. The molecular formula is C18H18BrNO3. The Balaban J connectivity index is 1.66. The van der Waals surface area contributed by atoms with Crippen LogP contribution in [0.15, 0.2) is 46.9 Å². The van der Waals surface area contributed by atoms with Gasteiger partial charge in [0, 0.05) is 17.6 Å². The van der Waals surface area contributed by atoms with Gasteiger partial charge in [-0.2, -0.15) is 0 Å². The summed E-state index contributed by atoms with van der Waals surface area (Å²) >= 11 is 3.58. The average Bonchev–Trinajstić information content (AvgIpc) is 2.60. The summed E-state index contributed by atoms with van der Waals surface area (Å²) in [4.78, 5) is 14.0. The van der Waals surface area contributed by atoms with Crippen LogP contribution < -0.4 is 4.74 Å². The van der Waals surface area contributed by atoms with Crippen LogP contribution in [0.3, 0.4) is 0 Å². The van der Waals surface area contributed by atoms with Crippen molar-refractivity contribution in [2.45, 2.75) is 19.6 Å². The molecule has 0 aliphatic carbocycles. The SMILES string of the molecule is COc1cc(Br)c2c(c1)CN(C(=O)OCc1ccccc1)CC2. The van der Waals surface area contributed by atoms with E-state index in [1.165, 1.54) is 5.56 Å². The molecule has 120 valence electrons. The second-order valence-electron chi connectivity index (χ2n) is 5.46. The van der Waals surface area contributed by atoms with Gasteiger partial charge in [0.15, 0.2) is 0 Å². The minimum atomic E-state index is -0.279. The molecule has 0 atom stereocenters. The molecule has 3 rings (SSSR count). The molecule has 1 heterocycles. The molecule has 4 nitrogen and oxygen atoms in total. The van der Waals surface area contributed by atoms with Gasteiger partial charge < -0.3 is 14.4 Å². The maximum atomic E-state index is 12.3. The van der Waals surface area contributed by atoms with Gasteiger partial charge in [-0.15, -0.1) is 0 Å². The van der Waals surface area contributed by atoms with Crippen LogP contribution in [0, 0.1) is 0 Å². The van der Waals surface area contributed by atoms with E-state index in [0.717, 1.165) is 27.8 Å². The van der Waals surface area contributed by atoms with E-state index in [1.54, 1.807) is 12.0 Å². The maximum Gasteiger partial charge on any atom is 0.410 e. The Morgan fingerprint density at radius 2 is 2.04 bits per heavy atom. The molecule has 0 unspecified atom stereocenters. The lowest BCUT2D eigenvalue weighted by Gasteiger charge is -2.29. The van der Waals surface area contributed by atoms with E-state index in [1.807, 2.05) is 42.5 Å². The summed E-state index contributed by atoms with van der Waals surface area (Å²) in [5.74, 6) is 0.787. The number of benzene rings is 2. The van der Waals surface area contributed by atoms with Crippen molar-refractivity contribution in [1.29, 1.82) is 0 Å². The van der Waals surface area contributed by atoms with Gasteiger partial charge in [0.05, 0.1) is 7.11 Å². The monoisotopic (exact) mass is 375 g/mol. The zero-order chi connectivity index (χ0) is 16.2. The first-order chi connectivity index (χ1) is 11.2. The highest BCUT2D eigenvalue weighted by atomic mass is 79.9. The molecule has 1 aliphatic rings. The number of hydrogen-bond donors (Lipinski definition) is 0. The third kappa shape index (κ3) is 3.67. The van der Waals surface area contributed by atoms with Crippen molar-refractivity contribution >= 4 is 22.0 Å². The van der Waals surface area contributed by atoms with Gasteiger partial charge in [-0.05, 0) is 35.2 Å². The highest BCUT2D eigenvalue weighted by Gasteiger charge is 2.24. The molecule has 0 saturated carbocycles. The number of amides is 1. The van der Waals surface area contributed by atoms with Gasteiger partial charge in [0.1, 0.15) is 12.4 Å². The molecule has 0 saturated heterocycles. The Hall–Kier alpha value is -2.01. The molecule has 0 fully saturated rings. The van der Waals surface area contributed by atoms with Crippen molar-refractivity contribution < 1.29 is 14.3 Å². The normalized spacial score (nSPS) is 13.4. The van der Waals surface area contributed by atoms with Gasteiger partial charge in [0.2, 0.25) is 0 Å². The predicted molar refractivity (Wildman–Crippen MR) is 91.4 cm³/mol. The zero-order valence-electron chi connectivity index (χ0n) is 12.9. The maximum absolute atomic E-state index is 12.3. The summed E-state index contributed by atoms with van der Waals surface area (Å²) in [5, 5.41) is 0. The zero-order valence-corrected chi connectivity index (χ0v) is 14.5. The molecule has 5 heteroatoms. The molecule has 2 aromatic carbocycles. The average molecular weight is 376 g/mol. The van der Waals surface area contributed by atoms with E-state index in [4.69, 9.17) is 9.47 Å². The molecule has 0 radical (unpaired) electrons. The highest BCUT2D eigenvalue weighted by molar-refractivity contribution is 9.10. The van der Waals surface area contributed by atoms with Crippen LogP contribution in [0.1, 0.15) is 16.7 Å². The number of halogens is 1. The number of fused-ring (bicyclic) bond motifs is 1. The van der Waals surface area contributed by atoms with Crippen molar-refractivity contribution in [1.82, 2.24) is 4.90 Å². The van der Waals surface area contributed by atoms with Gasteiger partial charge >= 0.3 is 6.09 Å². The van der Waals surface area contributed by atoms with Crippen LogP contribution in [0.5, 0.6) is 5.75 Å². The summed E-state index contributed by atoms with van der Waals surface area (Å²) in [6.45, 7) is 1.50. The largest absolute Gasteiger partial charge is 0.497 e. The number of carbonyl (C=O) groups is 1. The number of rotatable bonds is 3. The highest BCUT2D eigenvalue weighted by Crippen LogP contribution is 2.31. The summed E-state index contributed by atoms with van der Waals surface area (Å²) < 4.78 is 11.7. The lowest BCUT2D eigenvalue weighted by Crippen LogP contribution is -2.36. The van der Waals surface area contributed by atoms with Crippen molar-refractivity contribution in [3.05, 3.63) is 63.6 Å². The summed E-state index contributed by atoms with van der Waals surface area (Å²) in [6, 6.07) is 13.6. The van der Waals surface area contributed by atoms with Crippen LogP contribution in [0.2, 0.25) is 0 Å². The standard InChI is InChI=1S/C18H18BrNO3/c1-22-15-9-14-11-20(8-7-16(14)17(19)10-15)18(21)23-12-13-5-3-2-4-6-13/h2-6,9-10H,7-8,11-12H2,1H3. The van der Waals surface area contributed by atoms with E-state index in [2.05, 4.69) is 15.9 Å². The number of carbonyl (C=O) groups excluding carboxylic acids is 1. The van der Waals surface area contributed by atoms with Crippen molar-refractivity contribution in [2.75, 3.05) is 13.7 Å². The Labute approximate surface area is 144 Å². The van der Waals surface area contributed by atoms with Crippen LogP contribution in [-0.4, -0.2) is 24.6 Å². The first-order valence-electron chi connectivity index (χ1n) is 7.48. The smallest absolute Gasteiger partial charge is 0.410 e.